The van der Waals surface area contributed by atoms with E-state index in [1.54, 1.807) is 13.0 Å². The maximum absolute atomic E-state index is 10.7. The number of nitrogens with one attached hydrogen (secondary N) is 1. The van der Waals surface area contributed by atoms with Crippen LogP contribution in [0.1, 0.15) is 34.1 Å². The lowest BCUT2D eigenvalue weighted by Crippen LogP contribution is -2.17. The van der Waals surface area contributed by atoms with E-state index in [2.05, 4.69) is 10.3 Å². The molecule has 0 spiro atoms. The van der Waals surface area contributed by atoms with Crippen molar-refractivity contribution in [1.29, 1.82) is 0 Å². The van der Waals surface area contributed by atoms with Gasteiger partial charge in [0.2, 0.25) is 0 Å². The monoisotopic (exact) mass is 226 g/mol. The predicted octanol–water partition coefficient (Wildman–Crippen LogP) is 1.30. The number of aliphatic imine (C=N–C) groups is 1. The van der Waals surface area contributed by atoms with Crippen LogP contribution in [0.15, 0.2) is 16.8 Å². The molecule has 1 atom stereocenters. The van der Waals surface area contributed by atoms with Crippen molar-refractivity contribution in [2.45, 2.75) is 40.2 Å². The van der Waals surface area contributed by atoms with Gasteiger partial charge in [-0.15, -0.1) is 0 Å². The van der Waals surface area contributed by atoms with Crippen molar-refractivity contribution in [3.05, 3.63) is 11.8 Å². The maximum atomic E-state index is 10.7. The number of aliphatic hydroxyl groups is 1. The average molecular weight is 226 g/mol. The lowest BCUT2D eigenvalue weighted by Gasteiger charge is -2.06. The Morgan fingerprint density at radius 1 is 1.44 bits per heavy atom. The summed E-state index contributed by atoms with van der Waals surface area (Å²) in [6.07, 6.45) is 1.84. The molecule has 0 fully saturated rings. The van der Waals surface area contributed by atoms with Crippen LogP contribution in [0.4, 0.5) is 0 Å². The lowest BCUT2D eigenvalue weighted by molar-refractivity contribution is -0.112. The van der Waals surface area contributed by atoms with E-state index in [-0.39, 0.29) is 11.9 Å². The van der Waals surface area contributed by atoms with Crippen LogP contribution in [0.5, 0.6) is 0 Å². The Hall–Kier alpha value is -1.16. The van der Waals surface area contributed by atoms with Gasteiger partial charge in [0.05, 0.1) is 12.6 Å². The predicted molar refractivity (Wildman–Crippen MR) is 66.7 cm³/mol. The minimum absolute atomic E-state index is 0.0405. The molecule has 4 nitrogen and oxygen atoms in total. The zero-order valence-corrected chi connectivity index (χ0v) is 10.6. The number of nitrogens with zero attached hydrogens (tertiary/aromatic N) is 1. The molecule has 0 aromatic heterocycles. The Kier molecular flexibility index (Phi) is 7.46. The number of hydrogen-bond donors (Lipinski definition) is 2. The zero-order chi connectivity index (χ0) is 12.6. The molecular weight excluding hydrogens is 204 g/mol. The smallest absolute Gasteiger partial charge is 0.154 e. The number of rotatable bonds is 7. The highest BCUT2D eigenvalue weighted by atomic mass is 16.3. The summed E-state index contributed by atoms with van der Waals surface area (Å²) in [7, 11) is 0. The zero-order valence-electron chi connectivity index (χ0n) is 10.6. The van der Waals surface area contributed by atoms with E-state index >= 15 is 0 Å². The first-order valence-corrected chi connectivity index (χ1v) is 5.52. The molecule has 0 heterocycles. The van der Waals surface area contributed by atoms with Gasteiger partial charge in [0.15, 0.2) is 5.78 Å². The van der Waals surface area contributed by atoms with Crippen molar-refractivity contribution in [3.63, 3.8) is 0 Å². The number of allylic oxidation sites excluding steroid dienone is 2. The summed E-state index contributed by atoms with van der Waals surface area (Å²) in [6.45, 7) is 8.39. The fourth-order valence-corrected chi connectivity index (χ4v) is 1.35. The van der Waals surface area contributed by atoms with Crippen LogP contribution in [0.2, 0.25) is 0 Å². The first-order chi connectivity index (χ1) is 7.41. The molecule has 0 rings (SSSR count). The van der Waals surface area contributed by atoms with Gasteiger partial charge in [-0.3, -0.25) is 9.79 Å². The fraction of sp³-hybridized carbons (Fsp3) is 0.667. The Morgan fingerprint density at radius 3 is 2.56 bits per heavy atom. The second-order valence-corrected chi connectivity index (χ2v) is 4.03. The number of carbonyl (C=O) groups excluding carboxylic acids is 1. The summed E-state index contributed by atoms with van der Waals surface area (Å²) >= 11 is 0. The summed E-state index contributed by atoms with van der Waals surface area (Å²) in [5.74, 6) is 0.0405. The SMILES string of the molecule is CC(=O)C=C(C)NCCN=C(C)CC(C)O. The van der Waals surface area contributed by atoms with Gasteiger partial charge in [0.25, 0.3) is 0 Å². The van der Waals surface area contributed by atoms with E-state index in [9.17, 15) is 4.79 Å². The minimum atomic E-state index is -0.337. The molecule has 0 aliphatic heterocycles. The first-order valence-electron chi connectivity index (χ1n) is 5.52. The van der Waals surface area contributed by atoms with Crippen molar-refractivity contribution < 1.29 is 9.90 Å². The van der Waals surface area contributed by atoms with Gasteiger partial charge in [-0.05, 0) is 33.8 Å². The third-order valence-electron chi connectivity index (χ3n) is 1.91. The molecule has 0 bridgehead atoms. The van der Waals surface area contributed by atoms with E-state index < -0.39 is 0 Å². The molecule has 0 radical (unpaired) electrons. The second kappa shape index (κ2) is 8.05. The van der Waals surface area contributed by atoms with Crippen LogP contribution in [-0.4, -0.2) is 35.8 Å². The second-order valence-electron chi connectivity index (χ2n) is 4.03. The molecule has 0 aliphatic carbocycles. The number of aliphatic hydroxyl groups excluding tert-OH is 1. The Balaban J connectivity index is 3.79. The summed E-state index contributed by atoms with van der Waals surface area (Å²) in [5, 5.41) is 12.2. The molecule has 0 amide bonds. The van der Waals surface area contributed by atoms with Crippen molar-refractivity contribution in [2.24, 2.45) is 4.99 Å². The standard InChI is InChI=1S/C12H22N2O2/c1-9(7-11(3)15)13-5-6-14-10(2)8-12(4)16/h7,12-13,16H,5-6,8H2,1-4H3. The van der Waals surface area contributed by atoms with Gasteiger partial charge in [-0.2, -0.15) is 0 Å². The van der Waals surface area contributed by atoms with Crippen LogP contribution in [0.25, 0.3) is 0 Å². The fourth-order valence-electron chi connectivity index (χ4n) is 1.35. The molecule has 0 aromatic carbocycles. The van der Waals surface area contributed by atoms with Crippen molar-refractivity contribution in [2.75, 3.05) is 13.1 Å². The van der Waals surface area contributed by atoms with Gasteiger partial charge in [0, 0.05) is 24.4 Å². The summed E-state index contributed by atoms with van der Waals surface area (Å²) in [4.78, 5) is 15.0. The van der Waals surface area contributed by atoms with E-state index in [4.69, 9.17) is 5.11 Å². The van der Waals surface area contributed by atoms with Crippen molar-refractivity contribution in [3.8, 4) is 0 Å². The Morgan fingerprint density at radius 2 is 2.06 bits per heavy atom. The maximum Gasteiger partial charge on any atom is 0.154 e. The van der Waals surface area contributed by atoms with E-state index in [0.717, 1.165) is 11.4 Å². The van der Waals surface area contributed by atoms with Crippen molar-refractivity contribution in [1.82, 2.24) is 5.32 Å². The molecule has 0 saturated heterocycles. The summed E-state index contributed by atoms with van der Waals surface area (Å²) in [5.41, 5.74) is 1.81. The van der Waals surface area contributed by atoms with Crippen LogP contribution >= 0.6 is 0 Å². The van der Waals surface area contributed by atoms with Gasteiger partial charge in [-0.1, -0.05) is 0 Å². The Labute approximate surface area is 97.5 Å². The molecule has 2 N–H and O–H groups in total. The van der Waals surface area contributed by atoms with Gasteiger partial charge in [0.1, 0.15) is 0 Å². The summed E-state index contributed by atoms with van der Waals surface area (Å²) in [6, 6.07) is 0. The molecule has 4 heteroatoms. The average Bonchev–Trinajstić information content (AvgIpc) is 2.10. The van der Waals surface area contributed by atoms with Crippen LogP contribution in [0, 0.1) is 0 Å². The number of ketones is 1. The van der Waals surface area contributed by atoms with E-state index in [1.807, 2.05) is 13.8 Å². The molecule has 0 aliphatic rings. The topological polar surface area (TPSA) is 61.7 Å². The highest BCUT2D eigenvalue weighted by molar-refractivity contribution is 5.87. The molecule has 0 saturated carbocycles. The van der Waals surface area contributed by atoms with Gasteiger partial charge in [-0.25, -0.2) is 0 Å². The highest BCUT2D eigenvalue weighted by Crippen LogP contribution is 1.93. The summed E-state index contributed by atoms with van der Waals surface area (Å²) < 4.78 is 0. The third kappa shape index (κ3) is 9.40. The van der Waals surface area contributed by atoms with Gasteiger partial charge < -0.3 is 10.4 Å². The molecule has 92 valence electrons. The highest BCUT2D eigenvalue weighted by Gasteiger charge is 1.97. The van der Waals surface area contributed by atoms with Crippen LogP contribution in [0.3, 0.4) is 0 Å². The van der Waals surface area contributed by atoms with E-state index in [0.29, 0.717) is 19.5 Å². The first kappa shape index (κ1) is 14.8. The third-order valence-corrected chi connectivity index (χ3v) is 1.91. The van der Waals surface area contributed by atoms with Crippen LogP contribution < -0.4 is 5.32 Å². The molecule has 16 heavy (non-hydrogen) atoms. The normalized spacial score (nSPS) is 14.8. The van der Waals surface area contributed by atoms with Crippen molar-refractivity contribution >= 4 is 11.5 Å². The Bertz CT molecular complexity index is 281. The molecule has 1 unspecified atom stereocenters. The minimum Gasteiger partial charge on any atom is -0.393 e. The van der Waals surface area contributed by atoms with Gasteiger partial charge >= 0.3 is 0 Å². The molecular formula is C12H22N2O2. The molecule has 0 aromatic rings. The quantitative estimate of drug-likeness (QED) is 0.391. The lowest BCUT2D eigenvalue weighted by atomic mass is 10.2. The number of hydrogen-bond acceptors (Lipinski definition) is 4. The number of carbonyl (C=O) groups is 1. The van der Waals surface area contributed by atoms with E-state index in [1.165, 1.54) is 6.92 Å². The van der Waals surface area contributed by atoms with Crippen LogP contribution in [-0.2, 0) is 4.79 Å². The largest absolute Gasteiger partial charge is 0.393 e.